The number of halogens is 4. The van der Waals surface area contributed by atoms with Crippen molar-refractivity contribution >= 4 is 15.9 Å². The zero-order valence-electron chi connectivity index (χ0n) is 12.0. The van der Waals surface area contributed by atoms with Crippen molar-refractivity contribution in [1.82, 2.24) is 0 Å². The van der Waals surface area contributed by atoms with Crippen LogP contribution in [0.2, 0.25) is 0 Å². The summed E-state index contributed by atoms with van der Waals surface area (Å²) in [6.07, 6.45) is 1.35. The summed E-state index contributed by atoms with van der Waals surface area (Å²) in [6.45, 7) is 0. The number of rotatable bonds is 4. The number of ether oxygens (including phenoxy) is 1. The number of hydrogen-bond acceptors (Lipinski definition) is 1. The molecule has 1 saturated carbocycles. The average molecular weight is 365 g/mol. The van der Waals surface area contributed by atoms with Gasteiger partial charge in [0.05, 0.1) is 11.7 Å². The van der Waals surface area contributed by atoms with Crippen LogP contribution in [0.3, 0.4) is 0 Å². The van der Waals surface area contributed by atoms with Crippen LogP contribution in [0.25, 0.3) is 0 Å². The third kappa shape index (κ3) is 4.01. The molecule has 0 heterocycles. The predicted molar refractivity (Wildman–Crippen MR) is 80.4 cm³/mol. The van der Waals surface area contributed by atoms with Gasteiger partial charge in [-0.25, -0.2) is 0 Å². The number of alkyl halides is 4. The molecule has 0 bridgehead atoms. The first-order valence-electron chi connectivity index (χ1n) is 7.26. The Morgan fingerprint density at radius 2 is 1.90 bits per heavy atom. The zero-order chi connectivity index (χ0) is 15.5. The van der Waals surface area contributed by atoms with E-state index in [0.29, 0.717) is 16.8 Å². The molecule has 0 aliphatic heterocycles. The lowest BCUT2D eigenvalue weighted by molar-refractivity contribution is -0.137. The van der Waals surface area contributed by atoms with Crippen molar-refractivity contribution in [3.63, 3.8) is 0 Å². The van der Waals surface area contributed by atoms with E-state index in [9.17, 15) is 13.2 Å². The molecule has 1 aromatic rings. The normalized spacial score (nSPS) is 18.7. The van der Waals surface area contributed by atoms with E-state index in [0.717, 1.165) is 24.5 Å². The first kappa shape index (κ1) is 16.8. The molecule has 0 saturated heterocycles. The number of benzene rings is 1. The maximum atomic E-state index is 12.8. The monoisotopic (exact) mass is 364 g/mol. The van der Waals surface area contributed by atoms with Gasteiger partial charge < -0.3 is 4.74 Å². The van der Waals surface area contributed by atoms with Gasteiger partial charge >= 0.3 is 6.18 Å². The minimum atomic E-state index is -4.30. The van der Waals surface area contributed by atoms with Crippen molar-refractivity contribution < 1.29 is 17.9 Å². The molecule has 21 heavy (non-hydrogen) atoms. The van der Waals surface area contributed by atoms with Gasteiger partial charge in [-0.1, -0.05) is 41.3 Å². The van der Waals surface area contributed by atoms with E-state index >= 15 is 0 Å². The van der Waals surface area contributed by atoms with Gasteiger partial charge in [-0.15, -0.1) is 0 Å². The molecule has 5 heteroatoms. The lowest BCUT2D eigenvalue weighted by atomic mass is 9.81. The highest BCUT2D eigenvalue weighted by molar-refractivity contribution is 9.08. The van der Waals surface area contributed by atoms with Crippen LogP contribution in [0.4, 0.5) is 13.2 Å². The fourth-order valence-corrected chi connectivity index (χ4v) is 3.67. The highest BCUT2D eigenvalue weighted by Gasteiger charge is 2.32. The van der Waals surface area contributed by atoms with Gasteiger partial charge in [0.2, 0.25) is 0 Å². The molecule has 1 atom stereocenters. The Balaban J connectivity index is 2.32. The molecule has 1 fully saturated rings. The Kier molecular flexibility index (Phi) is 5.72. The van der Waals surface area contributed by atoms with Crippen LogP contribution in [0, 0.1) is 5.92 Å². The van der Waals surface area contributed by atoms with Crippen molar-refractivity contribution in [3.8, 4) is 0 Å². The molecule has 1 aliphatic carbocycles. The van der Waals surface area contributed by atoms with Crippen LogP contribution in [0.15, 0.2) is 18.2 Å². The smallest absolute Gasteiger partial charge is 0.376 e. The van der Waals surface area contributed by atoms with Gasteiger partial charge in [0.1, 0.15) is 0 Å². The van der Waals surface area contributed by atoms with Crippen molar-refractivity contribution in [2.75, 3.05) is 7.11 Å². The second kappa shape index (κ2) is 7.14. The van der Waals surface area contributed by atoms with E-state index in [1.54, 1.807) is 13.2 Å². The predicted octanol–water partition coefficient (Wildman–Crippen LogP) is 5.87. The Morgan fingerprint density at radius 3 is 2.43 bits per heavy atom. The number of hydrogen-bond donors (Lipinski definition) is 0. The molecule has 0 N–H and O–H groups in total. The third-order valence-corrected chi connectivity index (χ3v) is 4.86. The minimum Gasteiger partial charge on any atom is -0.376 e. The molecular weight excluding hydrogens is 345 g/mol. The molecule has 1 aromatic carbocycles. The molecule has 0 unspecified atom stereocenters. The highest BCUT2D eigenvalue weighted by atomic mass is 79.9. The molecule has 0 radical (unpaired) electrons. The third-order valence-electron chi connectivity index (χ3n) is 4.25. The standard InChI is InChI=1S/C16H20BrF3O/c1-21-15(11-5-3-2-4-6-11)14-8-7-13(16(18,19)20)9-12(14)10-17/h7-9,11,15H,2-6,10H2,1H3/t15-/m0/s1. The molecule has 1 nitrogen and oxygen atoms in total. The van der Waals surface area contributed by atoms with Gasteiger partial charge in [-0.2, -0.15) is 13.2 Å². The van der Waals surface area contributed by atoms with Crippen LogP contribution < -0.4 is 0 Å². The van der Waals surface area contributed by atoms with E-state index in [4.69, 9.17) is 4.74 Å². The molecule has 1 aliphatic rings. The first-order valence-corrected chi connectivity index (χ1v) is 8.38. The van der Waals surface area contributed by atoms with Gasteiger partial charge in [0.25, 0.3) is 0 Å². The summed E-state index contributed by atoms with van der Waals surface area (Å²) in [5.74, 6) is 0.401. The van der Waals surface area contributed by atoms with Crippen molar-refractivity contribution in [3.05, 3.63) is 34.9 Å². The second-order valence-electron chi connectivity index (χ2n) is 5.60. The number of methoxy groups -OCH3 is 1. The lowest BCUT2D eigenvalue weighted by Crippen LogP contribution is -2.19. The van der Waals surface area contributed by atoms with Crippen LogP contribution in [0.1, 0.15) is 54.9 Å². The fraction of sp³-hybridized carbons (Fsp3) is 0.625. The van der Waals surface area contributed by atoms with Crippen LogP contribution in [-0.4, -0.2) is 7.11 Å². The molecule has 0 spiro atoms. The van der Waals surface area contributed by atoms with Crippen LogP contribution in [-0.2, 0) is 16.2 Å². The van der Waals surface area contributed by atoms with E-state index in [2.05, 4.69) is 15.9 Å². The van der Waals surface area contributed by atoms with Gasteiger partial charge in [0.15, 0.2) is 0 Å². The summed E-state index contributed by atoms with van der Waals surface area (Å²) in [4.78, 5) is 0. The van der Waals surface area contributed by atoms with Gasteiger partial charge in [-0.05, 0) is 42.0 Å². The minimum absolute atomic E-state index is 0.111. The molecule has 0 aromatic heterocycles. The Morgan fingerprint density at radius 1 is 1.24 bits per heavy atom. The lowest BCUT2D eigenvalue weighted by Gasteiger charge is -2.31. The first-order chi connectivity index (χ1) is 9.97. The fourth-order valence-electron chi connectivity index (χ4n) is 3.19. The summed E-state index contributed by atoms with van der Waals surface area (Å²) in [7, 11) is 1.65. The summed E-state index contributed by atoms with van der Waals surface area (Å²) < 4.78 is 44.1. The van der Waals surface area contributed by atoms with Crippen molar-refractivity contribution in [1.29, 1.82) is 0 Å². The molecular formula is C16H20BrF3O. The van der Waals surface area contributed by atoms with E-state index in [-0.39, 0.29) is 6.10 Å². The Labute approximate surface area is 132 Å². The molecule has 2 rings (SSSR count). The zero-order valence-corrected chi connectivity index (χ0v) is 13.6. The highest BCUT2D eigenvalue weighted by Crippen LogP contribution is 2.40. The molecule has 118 valence electrons. The van der Waals surface area contributed by atoms with Crippen molar-refractivity contribution in [2.24, 2.45) is 5.92 Å². The Hall–Kier alpha value is -0.550. The maximum absolute atomic E-state index is 12.8. The summed E-state index contributed by atoms with van der Waals surface area (Å²) >= 11 is 3.31. The van der Waals surface area contributed by atoms with Crippen molar-refractivity contribution in [2.45, 2.75) is 49.7 Å². The summed E-state index contributed by atoms with van der Waals surface area (Å²) in [5, 5.41) is 0.402. The Bertz CT molecular complexity index is 467. The average Bonchev–Trinajstić information content (AvgIpc) is 2.48. The largest absolute Gasteiger partial charge is 0.416 e. The summed E-state index contributed by atoms with van der Waals surface area (Å²) in [5.41, 5.74) is 0.954. The maximum Gasteiger partial charge on any atom is 0.416 e. The van der Waals surface area contributed by atoms with Crippen LogP contribution >= 0.6 is 15.9 Å². The van der Waals surface area contributed by atoms with Gasteiger partial charge in [-0.3, -0.25) is 0 Å². The van der Waals surface area contributed by atoms with E-state index in [1.807, 2.05) is 0 Å². The topological polar surface area (TPSA) is 9.23 Å². The molecule has 0 amide bonds. The quantitative estimate of drug-likeness (QED) is 0.607. The van der Waals surface area contributed by atoms with Gasteiger partial charge in [0, 0.05) is 12.4 Å². The van der Waals surface area contributed by atoms with Crippen LogP contribution in [0.5, 0.6) is 0 Å². The SMILES string of the molecule is CO[C@H](c1ccc(C(F)(F)F)cc1CBr)C1CCCCC1. The second-order valence-corrected chi connectivity index (χ2v) is 6.16. The van der Waals surface area contributed by atoms with E-state index < -0.39 is 11.7 Å². The van der Waals surface area contributed by atoms with E-state index in [1.165, 1.54) is 25.3 Å². The summed E-state index contributed by atoms with van der Waals surface area (Å²) in [6, 6.07) is 3.98.